The summed E-state index contributed by atoms with van der Waals surface area (Å²) in [6, 6.07) is 7.37. The van der Waals surface area contributed by atoms with Gasteiger partial charge in [-0.25, -0.2) is 4.79 Å². The molecule has 0 heterocycles. The van der Waals surface area contributed by atoms with Crippen LogP contribution in [0.3, 0.4) is 0 Å². The molecule has 0 aliphatic heterocycles. The highest BCUT2D eigenvalue weighted by Gasteiger charge is 1.99. The Labute approximate surface area is 80.7 Å². The zero-order valence-electron chi connectivity index (χ0n) is 7.18. The zero-order valence-corrected chi connectivity index (χ0v) is 7.18. The van der Waals surface area contributed by atoms with E-state index in [0.717, 1.165) is 12.2 Å². The molecule has 0 radical (unpaired) electrons. The minimum absolute atomic E-state index is 0.0948. The van der Waals surface area contributed by atoms with Crippen molar-refractivity contribution in [3.05, 3.63) is 36.4 Å². The van der Waals surface area contributed by atoms with E-state index >= 15 is 0 Å². The van der Waals surface area contributed by atoms with Crippen molar-refractivity contribution in [2.75, 3.05) is 0 Å². The Morgan fingerprint density at radius 1 is 1.43 bits per heavy atom. The Morgan fingerprint density at radius 2 is 2.07 bits per heavy atom. The van der Waals surface area contributed by atoms with Crippen LogP contribution in [-0.2, 0) is 4.79 Å². The van der Waals surface area contributed by atoms with Crippen LogP contribution in [0.2, 0.25) is 0 Å². The highest BCUT2D eigenvalue weighted by molar-refractivity contribution is 5.84. The van der Waals surface area contributed by atoms with E-state index < -0.39 is 5.97 Å². The predicted octanol–water partition coefficient (Wildman–Crippen LogP) is 1.38. The minimum atomic E-state index is -0.628. The molecule has 0 aromatic heterocycles. The molecular weight excluding hydrogens is 182 g/mol. The molecule has 0 spiro atoms. The monoisotopic (exact) mass is 189 g/mol. The molecule has 0 amide bonds. The van der Waals surface area contributed by atoms with Crippen molar-refractivity contribution in [2.24, 2.45) is 0 Å². The Balaban J connectivity index is 2.62. The number of nitriles is 1. The number of hydrogen-bond donors (Lipinski definition) is 1. The maximum Gasteiger partial charge on any atom is 0.336 e. The molecule has 0 saturated heterocycles. The average molecular weight is 189 g/mol. The van der Waals surface area contributed by atoms with Gasteiger partial charge in [0.1, 0.15) is 11.5 Å². The number of carbonyl (C=O) groups is 1. The second-order valence-electron chi connectivity index (χ2n) is 2.38. The number of allylic oxidation sites excluding steroid dienone is 1. The SMILES string of the molecule is N#CC=CC(=O)Oc1ccc(O)cc1. The van der Waals surface area contributed by atoms with Gasteiger partial charge in [-0.2, -0.15) is 5.26 Å². The van der Waals surface area contributed by atoms with Gasteiger partial charge in [0.2, 0.25) is 0 Å². The largest absolute Gasteiger partial charge is 0.508 e. The molecule has 14 heavy (non-hydrogen) atoms. The second-order valence-corrected chi connectivity index (χ2v) is 2.38. The van der Waals surface area contributed by atoms with Crippen LogP contribution in [0.15, 0.2) is 36.4 Å². The molecule has 1 aromatic rings. The molecule has 0 aliphatic carbocycles. The lowest BCUT2D eigenvalue weighted by Crippen LogP contribution is -2.03. The smallest absolute Gasteiger partial charge is 0.336 e. The summed E-state index contributed by atoms with van der Waals surface area (Å²) in [5, 5.41) is 17.1. The Morgan fingerprint density at radius 3 is 2.64 bits per heavy atom. The Kier molecular flexibility index (Phi) is 3.27. The van der Waals surface area contributed by atoms with Crippen LogP contribution in [-0.4, -0.2) is 11.1 Å². The maximum absolute atomic E-state index is 10.9. The fraction of sp³-hybridized carbons (Fsp3) is 0. The normalized spacial score (nSPS) is 9.64. The van der Waals surface area contributed by atoms with Crippen LogP contribution in [0.25, 0.3) is 0 Å². The summed E-state index contributed by atoms with van der Waals surface area (Å²) in [5.74, 6) is -0.218. The molecule has 0 aliphatic rings. The summed E-state index contributed by atoms with van der Waals surface area (Å²) >= 11 is 0. The first-order chi connectivity index (χ1) is 6.72. The van der Waals surface area contributed by atoms with Crippen molar-refractivity contribution >= 4 is 5.97 Å². The summed E-state index contributed by atoms with van der Waals surface area (Å²) < 4.78 is 4.78. The van der Waals surface area contributed by atoms with Crippen LogP contribution in [0, 0.1) is 11.3 Å². The summed E-state index contributed by atoms with van der Waals surface area (Å²) in [6.45, 7) is 0. The summed E-state index contributed by atoms with van der Waals surface area (Å²) in [6.07, 6.45) is 2.05. The van der Waals surface area contributed by atoms with Gasteiger partial charge in [0, 0.05) is 12.2 Å². The van der Waals surface area contributed by atoms with Crippen LogP contribution >= 0.6 is 0 Å². The fourth-order valence-corrected chi connectivity index (χ4v) is 0.770. The zero-order chi connectivity index (χ0) is 10.4. The van der Waals surface area contributed by atoms with Crippen molar-refractivity contribution in [1.29, 1.82) is 5.26 Å². The van der Waals surface area contributed by atoms with E-state index in [4.69, 9.17) is 15.1 Å². The number of phenols is 1. The van der Waals surface area contributed by atoms with Crippen molar-refractivity contribution in [2.45, 2.75) is 0 Å². The molecular formula is C10H7NO3. The van der Waals surface area contributed by atoms with Crippen LogP contribution in [0.1, 0.15) is 0 Å². The third kappa shape index (κ3) is 2.99. The second kappa shape index (κ2) is 4.67. The Bertz CT molecular complexity index is 387. The van der Waals surface area contributed by atoms with Gasteiger partial charge in [-0.15, -0.1) is 0 Å². The number of phenolic OH excluding ortho intramolecular Hbond substituents is 1. The molecule has 1 rings (SSSR count). The lowest BCUT2D eigenvalue weighted by Gasteiger charge is -1.99. The number of hydrogen-bond acceptors (Lipinski definition) is 4. The maximum atomic E-state index is 10.9. The van der Waals surface area contributed by atoms with Gasteiger partial charge in [-0.05, 0) is 24.3 Å². The summed E-state index contributed by atoms with van der Waals surface area (Å²) in [5.41, 5.74) is 0. The molecule has 0 bridgehead atoms. The number of aromatic hydroxyl groups is 1. The summed E-state index contributed by atoms with van der Waals surface area (Å²) in [7, 11) is 0. The molecule has 4 heteroatoms. The number of rotatable bonds is 2. The predicted molar refractivity (Wildman–Crippen MR) is 48.5 cm³/mol. The minimum Gasteiger partial charge on any atom is -0.508 e. The topological polar surface area (TPSA) is 70.3 Å². The molecule has 0 fully saturated rings. The highest BCUT2D eigenvalue weighted by Crippen LogP contribution is 2.15. The van der Waals surface area contributed by atoms with Gasteiger partial charge in [0.15, 0.2) is 0 Å². The highest BCUT2D eigenvalue weighted by atomic mass is 16.5. The average Bonchev–Trinajstić information content (AvgIpc) is 2.18. The quantitative estimate of drug-likeness (QED) is 0.330. The van der Waals surface area contributed by atoms with Gasteiger partial charge in [-0.3, -0.25) is 0 Å². The first kappa shape index (κ1) is 9.81. The number of ether oxygens (including phenoxy) is 1. The Hall–Kier alpha value is -2.28. The first-order valence-corrected chi connectivity index (χ1v) is 3.79. The third-order valence-corrected chi connectivity index (χ3v) is 1.35. The third-order valence-electron chi connectivity index (χ3n) is 1.35. The van der Waals surface area contributed by atoms with Crippen molar-refractivity contribution in [3.8, 4) is 17.6 Å². The van der Waals surface area contributed by atoms with E-state index in [-0.39, 0.29) is 5.75 Å². The van der Waals surface area contributed by atoms with Crippen molar-refractivity contribution in [1.82, 2.24) is 0 Å². The standard InChI is InChI=1S/C10H7NO3/c11-7-1-2-10(13)14-9-5-3-8(12)4-6-9/h1-6,12H. The van der Waals surface area contributed by atoms with E-state index in [9.17, 15) is 4.79 Å². The van der Waals surface area contributed by atoms with E-state index in [1.807, 2.05) is 0 Å². The van der Waals surface area contributed by atoms with E-state index in [1.165, 1.54) is 24.3 Å². The summed E-state index contributed by atoms with van der Waals surface area (Å²) in [4.78, 5) is 10.9. The van der Waals surface area contributed by atoms with Gasteiger partial charge < -0.3 is 9.84 Å². The van der Waals surface area contributed by atoms with Crippen molar-refractivity contribution < 1.29 is 14.6 Å². The fourth-order valence-electron chi connectivity index (χ4n) is 0.770. The lowest BCUT2D eigenvalue weighted by molar-refractivity contribution is -0.128. The van der Waals surface area contributed by atoms with Crippen molar-refractivity contribution in [3.63, 3.8) is 0 Å². The van der Waals surface area contributed by atoms with Gasteiger partial charge in [-0.1, -0.05) is 0 Å². The lowest BCUT2D eigenvalue weighted by atomic mass is 10.3. The van der Waals surface area contributed by atoms with Gasteiger partial charge in [0.05, 0.1) is 6.07 Å². The molecule has 0 unspecified atom stereocenters. The molecule has 4 nitrogen and oxygen atoms in total. The van der Waals surface area contributed by atoms with E-state index in [2.05, 4.69) is 0 Å². The number of esters is 1. The molecule has 0 saturated carbocycles. The van der Waals surface area contributed by atoms with Crippen LogP contribution in [0.4, 0.5) is 0 Å². The molecule has 1 N–H and O–H groups in total. The molecule has 70 valence electrons. The molecule has 0 atom stereocenters. The molecule has 1 aromatic carbocycles. The number of benzene rings is 1. The van der Waals surface area contributed by atoms with Crippen LogP contribution < -0.4 is 4.74 Å². The van der Waals surface area contributed by atoms with Crippen LogP contribution in [0.5, 0.6) is 11.5 Å². The van der Waals surface area contributed by atoms with Gasteiger partial charge in [0.25, 0.3) is 0 Å². The van der Waals surface area contributed by atoms with E-state index in [1.54, 1.807) is 6.07 Å². The van der Waals surface area contributed by atoms with Gasteiger partial charge >= 0.3 is 5.97 Å². The number of nitrogens with zero attached hydrogens (tertiary/aromatic N) is 1. The first-order valence-electron chi connectivity index (χ1n) is 3.79. The van der Waals surface area contributed by atoms with E-state index in [0.29, 0.717) is 5.75 Å². The number of carbonyl (C=O) groups excluding carboxylic acids is 1.